The molecule has 0 aliphatic rings. The molecule has 0 radical (unpaired) electrons. The summed E-state index contributed by atoms with van der Waals surface area (Å²) in [6.07, 6.45) is 2.17. The van der Waals surface area contributed by atoms with Gasteiger partial charge < -0.3 is 16.8 Å². The topological polar surface area (TPSA) is 127 Å². The Hall–Kier alpha value is -1.89. The van der Waals surface area contributed by atoms with Crippen LogP contribution < -0.4 is 16.8 Å². The number of anilines is 1. The van der Waals surface area contributed by atoms with E-state index in [2.05, 4.69) is 15.5 Å². The zero-order valence-electron chi connectivity index (χ0n) is 8.99. The molecular formula is C9H15N5O2. The molecule has 0 aliphatic heterocycles. The highest BCUT2D eigenvalue weighted by molar-refractivity contribution is 5.96. The number of nitrogens with zero attached hydrogens (tertiary/aromatic N) is 1. The SMILES string of the molecule is CCc1cn[nH]c1NC(=O)C(N)CC(N)=O. The first-order valence-electron chi connectivity index (χ1n) is 4.91. The minimum Gasteiger partial charge on any atom is -0.370 e. The minimum absolute atomic E-state index is 0.179. The van der Waals surface area contributed by atoms with Crippen molar-refractivity contribution in [3.05, 3.63) is 11.8 Å². The van der Waals surface area contributed by atoms with Crippen molar-refractivity contribution >= 4 is 17.6 Å². The van der Waals surface area contributed by atoms with Gasteiger partial charge in [-0.3, -0.25) is 14.7 Å². The molecular weight excluding hydrogens is 210 g/mol. The molecule has 7 heteroatoms. The van der Waals surface area contributed by atoms with E-state index in [1.165, 1.54) is 0 Å². The van der Waals surface area contributed by atoms with Gasteiger partial charge in [0.05, 0.1) is 18.7 Å². The number of carbonyl (C=O) groups excluding carboxylic acids is 2. The number of aromatic nitrogens is 2. The average molecular weight is 225 g/mol. The fourth-order valence-corrected chi connectivity index (χ4v) is 1.21. The van der Waals surface area contributed by atoms with Crippen molar-refractivity contribution < 1.29 is 9.59 Å². The average Bonchev–Trinajstić information content (AvgIpc) is 2.64. The summed E-state index contributed by atoms with van der Waals surface area (Å²) in [5, 5.41) is 8.99. The molecule has 0 bridgehead atoms. The smallest absolute Gasteiger partial charge is 0.242 e. The van der Waals surface area contributed by atoms with Crippen molar-refractivity contribution in [1.29, 1.82) is 0 Å². The monoisotopic (exact) mass is 225 g/mol. The van der Waals surface area contributed by atoms with Crippen molar-refractivity contribution in [3.8, 4) is 0 Å². The molecule has 7 nitrogen and oxygen atoms in total. The summed E-state index contributed by atoms with van der Waals surface area (Å²) >= 11 is 0. The predicted octanol–water partition coefficient (Wildman–Crippen LogP) is -0.887. The maximum Gasteiger partial charge on any atom is 0.242 e. The molecule has 1 aromatic rings. The molecule has 0 aliphatic carbocycles. The molecule has 88 valence electrons. The fourth-order valence-electron chi connectivity index (χ4n) is 1.21. The lowest BCUT2D eigenvalue weighted by Crippen LogP contribution is -2.39. The molecule has 1 rings (SSSR count). The van der Waals surface area contributed by atoms with E-state index in [9.17, 15) is 9.59 Å². The van der Waals surface area contributed by atoms with Crippen LogP contribution in [0.1, 0.15) is 18.9 Å². The molecule has 0 saturated carbocycles. The van der Waals surface area contributed by atoms with Crippen LogP contribution in [0.5, 0.6) is 0 Å². The number of aromatic amines is 1. The third-order valence-electron chi connectivity index (χ3n) is 2.10. The van der Waals surface area contributed by atoms with Gasteiger partial charge in [0.25, 0.3) is 0 Å². The molecule has 16 heavy (non-hydrogen) atoms. The van der Waals surface area contributed by atoms with Crippen molar-refractivity contribution in [2.45, 2.75) is 25.8 Å². The van der Waals surface area contributed by atoms with E-state index in [1.54, 1.807) is 6.20 Å². The van der Waals surface area contributed by atoms with E-state index in [-0.39, 0.29) is 6.42 Å². The van der Waals surface area contributed by atoms with Crippen LogP contribution in [0.4, 0.5) is 5.82 Å². The Kier molecular flexibility index (Phi) is 4.01. The highest BCUT2D eigenvalue weighted by Crippen LogP contribution is 2.11. The molecule has 0 spiro atoms. The van der Waals surface area contributed by atoms with Crippen LogP contribution in [-0.2, 0) is 16.0 Å². The summed E-state index contributed by atoms with van der Waals surface area (Å²) in [4.78, 5) is 22.1. The molecule has 2 amide bonds. The van der Waals surface area contributed by atoms with Gasteiger partial charge in [-0.1, -0.05) is 6.92 Å². The molecule has 0 fully saturated rings. The minimum atomic E-state index is -0.939. The standard InChI is InChI=1S/C9H15N5O2/c1-2-5-4-12-14-8(5)13-9(16)6(10)3-7(11)15/h4,6H,2-3,10H2,1H3,(H2,11,15)(H2,12,13,14,16). The van der Waals surface area contributed by atoms with E-state index in [0.717, 1.165) is 12.0 Å². The van der Waals surface area contributed by atoms with Crippen molar-refractivity contribution in [2.24, 2.45) is 11.5 Å². The summed E-state index contributed by atoms with van der Waals surface area (Å²) in [6, 6.07) is -0.939. The molecule has 0 aromatic carbocycles. The van der Waals surface area contributed by atoms with Gasteiger partial charge in [-0.05, 0) is 6.42 Å². The summed E-state index contributed by atoms with van der Waals surface area (Å²) in [7, 11) is 0. The van der Waals surface area contributed by atoms with Gasteiger partial charge in [-0.2, -0.15) is 5.10 Å². The van der Waals surface area contributed by atoms with E-state index >= 15 is 0 Å². The highest BCUT2D eigenvalue weighted by atomic mass is 16.2. The fraction of sp³-hybridized carbons (Fsp3) is 0.444. The largest absolute Gasteiger partial charge is 0.370 e. The molecule has 1 heterocycles. The van der Waals surface area contributed by atoms with Gasteiger partial charge in [0.2, 0.25) is 11.8 Å². The molecule has 1 unspecified atom stereocenters. The Bertz CT molecular complexity index is 387. The molecule has 6 N–H and O–H groups in total. The Balaban J connectivity index is 2.60. The number of rotatable bonds is 5. The Morgan fingerprint density at radius 2 is 2.31 bits per heavy atom. The number of aryl methyl sites for hydroxylation is 1. The summed E-state index contributed by atoms with van der Waals surface area (Å²) in [6.45, 7) is 1.93. The van der Waals surface area contributed by atoms with Gasteiger partial charge in [0.1, 0.15) is 5.82 Å². The summed E-state index contributed by atoms with van der Waals surface area (Å²) in [5.74, 6) is -0.562. The maximum absolute atomic E-state index is 11.5. The van der Waals surface area contributed by atoms with E-state index < -0.39 is 17.9 Å². The van der Waals surface area contributed by atoms with E-state index in [4.69, 9.17) is 11.5 Å². The number of nitrogens with two attached hydrogens (primary N) is 2. The number of nitrogens with one attached hydrogen (secondary N) is 2. The quantitative estimate of drug-likeness (QED) is 0.518. The molecule has 1 aromatic heterocycles. The number of hydrogen-bond donors (Lipinski definition) is 4. The van der Waals surface area contributed by atoms with Crippen LogP contribution in [0.3, 0.4) is 0 Å². The van der Waals surface area contributed by atoms with E-state index in [0.29, 0.717) is 5.82 Å². The first-order valence-corrected chi connectivity index (χ1v) is 4.91. The lowest BCUT2D eigenvalue weighted by molar-refractivity contribution is -0.123. The van der Waals surface area contributed by atoms with Gasteiger partial charge in [-0.25, -0.2) is 0 Å². The summed E-state index contributed by atoms with van der Waals surface area (Å²) in [5.41, 5.74) is 11.3. The zero-order chi connectivity index (χ0) is 12.1. The van der Waals surface area contributed by atoms with Crippen LogP contribution in [0.25, 0.3) is 0 Å². The molecule has 0 saturated heterocycles. The zero-order valence-corrected chi connectivity index (χ0v) is 8.99. The maximum atomic E-state index is 11.5. The first kappa shape index (κ1) is 12.2. The number of primary amides is 1. The third-order valence-corrected chi connectivity index (χ3v) is 2.10. The van der Waals surface area contributed by atoms with Crippen LogP contribution in [0, 0.1) is 0 Å². The number of carbonyl (C=O) groups is 2. The van der Waals surface area contributed by atoms with Crippen molar-refractivity contribution in [3.63, 3.8) is 0 Å². The molecule has 1 atom stereocenters. The van der Waals surface area contributed by atoms with Crippen LogP contribution in [-0.4, -0.2) is 28.1 Å². The number of amides is 2. The second kappa shape index (κ2) is 5.26. The number of H-pyrrole nitrogens is 1. The van der Waals surface area contributed by atoms with Gasteiger partial charge in [0, 0.05) is 5.56 Å². The second-order valence-corrected chi connectivity index (χ2v) is 3.39. The van der Waals surface area contributed by atoms with Crippen molar-refractivity contribution in [2.75, 3.05) is 5.32 Å². The lowest BCUT2D eigenvalue weighted by Gasteiger charge is -2.09. The van der Waals surface area contributed by atoms with Gasteiger partial charge in [0.15, 0.2) is 0 Å². The second-order valence-electron chi connectivity index (χ2n) is 3.39. The van der Waals surface area contributed by atoms with Crippen LogP contribution in [0.2, 0.25) is 0 Å². The van der Waals surface area contributed by atoms with Crippen LogP contribution in [0.15, 0.2) is 6.20 Å². The normalized spacial score (nSPS) is 12.1. The Labute approximate surface area is 92.6 Å². The summed E-state index contributed by atoms with van der Waals surface area (Å²) < 4.78 is 0. The van der Waals surface area contributed by atoms with Gasteiger partial charge in [-0.15, -0.1) is 0 Å². The first-order chi connectivity index (χ1) is 7.54. The highest BCUT2D eigenvalue weighted by Gasteiger charge is 2.17. The number of hydrogen-bond acceptors (Lipinski definition) is 4. The third kappa shape index (κ3) is 3.06. The van der Waals surface area contributed by atoms with Gasteiger partial charge >= 0.3 is 0 Å². The van der Waals surface area contributed by atoms with Crippen LogP contribution >= 0.6 is 0 Å². The van der Waals surface area contributed by atoms with Crippen molar-refractivity contribution in [1.82, 2.24) is 10.2 Å². The lowest BCUT2D eigenvalue weighted by atomic mass is 10.2. The van der Waals surface area contributed by atoms with E-state index in [1.807, 2.05) is 6.92 Å². The predicted molar refractivity (Wildman–Crippen MR) is 58.4 cm³/mol. The Morgan fingerprint density at radius 3 is 2.88 bits per heavy atom. The Morgan fingerprint density at radius 1 is 1.62 bits per heavy atom.